The van der Waals surface area contributed by atoms with E-state index in [9.17, 15) is 14.0 Å². The van der Waals surface area contributed by atoms with E-state index in [0.717, 1.165) is 0 Å². The van der Waals surface area contributed by atoms with Crippen molar-refractivity contribution in [1.82, 2.24) is 14.5 Å². The van der Waals surface area contributed by atoms with E-state index in [1.807, 2.05) is 0 Å². The molecule has 1 aromatic heterocycles. The van der Waals surface area contributed by atoms with Crippen molar-refractivity contribution in [3.05, 3.63) is 47.8 Å². The lowest BCUT2D eigenvalue weighted by atomic mass is 9.67. The Hall–Kier alpha value is -3.23. The van der Waals surface area contributed by atoms with Crippen LogP contribution in [0.15, 0.2) is 35.7 Å². The van der Waals surface area contributed by atoms with Crippen LogP contribution < -0.4 is 11.1 Å². The number of amides is 2. The molecule has 148 valence electrons. The Kier molecular flexibility index (Phi) is 4.49. The number of imidazole rings is 1. The highest BCUT2D eigenvalue weighted by Gasteiger charge is 2.53. The number of benzene rings is 1. The second-order valence-electron chi connectivity index (χ2n) is 7.60. The number of aliphatic imine (C=N–C) groups is 1. The summed E-state index contributed by atoms with van der Waals surface area (Å²) in [6, 6.07) is 4.16. The first-order valence-electron chi connectivity index (χ1n) is 8.70. The molecular weight excluding hydrogens is 363 g/mol. The number of anilines is 1. The standard InChI is InChI=1S/C19H23FN6O2/c1-18(2)16(28)26(5)17(21)24-19(18,3)12-8-11(6-7-13(12)20)23-15(27)14-9-25(4)10-22-14/h6-10H,1-5H3,(H2,21,24)(H,23,27). The molecule has 9 heteroatoms. The van der Waals surface area contributed by atoms with Gasteiger partial charge in [-0.1, -0.05) is 0 Å². The Morgan fingerprint density at radius 1 is 1.25 bits per heavy atom. The fourth-order valence-corrected chi connectivity index (χ4v) is 3.27. The van der Waals surface area contributed by atoms with Crippen LogP contribution in [-0.2, 0) is 17.4 Å². The summed E-state index contributed by atoms with van der Waals surface area (Å²) in [7, 11) is 3.28. The molecule has 0 spiro atoms. The van der Waals surface area contributed by atoms with Gasteiger partial charge >= 0.3 is 0 Å². The molecule has 1 aromatic carbocycles. The van der Waals surface area contributed by atoms with Gasteiger partial charge in [0, 0.05) is 31.5 Å². The number of hydrogen-bond acceptors (Lipinski definition) is 5. The van der Waals surface area contributed by atoms with Crippen molar-refractivity contribution in [2.45, 2.75) is 26.3 Å². The molecular formula is C19H23FN6O2. The van der Waals surface area contributed by atoms with Crippen molar-refractivity contribution >= 4 is 23.5 Å². The molecule has 1 unspecified atom stereocenters. The second-order valence-corrected chi connectivity index (χ2v) is 7.60. The molecule has 0 aliphatic carbocycles. The summed E-state index contributed by atoms with van der Waals surface area (Å²) >= 11 is 0. The van der Waals surface area contributed by atoms with Crippen molar-refractivity contribution in [2.75, 3.05) is 12.4 Å². The smallest absolute Gasteiger partial charge is 0.275 e. The van der Waals surface area contributed by atoms with Gasteiger partial charge in [-0.05, 0) is 39.0 Å². The maximum Gasteiger partial charge on any atom is 0.275 e. The maximum absolute atomic E-state index is 14.8. The van der Waals surface area contributed by atoms with Gasteiger partial charge in [-0.2, -0.15) is 0 Å². The number of aromatic nitrogens is 2. The largest absolute Gasteiger partial charge is 0.369 e. The number of aryl methyl sites for hydroxylation is 1. The number of nitrogens with two attached hydrogens (primary N) is 1. The molecule has 0 fully saturated rings. The molecule has 1 aliphatic heterocycles. The molecule has 2 amide bonds. The first kappa shape index (κ1) is 19.5. The van der Waals surface area contributed by atoms with Crippen LogP contribution in [0.2, 0.25) is 0 Å². The van der Waals surface area contributed by atoms with Crippen LogP contribution >= 0.6 is 0 Å². The Morgan fingerprint density at radius 3 is 2.54 bits per heavy atom. The molecule has 0 saturated carbocycles. The van der Waals surface area contributed by atoms with Gasteiger partial charge in [-0.25, -0.2) is 14.4 Å². The third kappa shape index (κ3) is 2.92. The fraction of sp³-hybridized carbons (Fsp3) is 0.368. The molecule has 8 nitrogen and oxygen atoms in total. The number of halogens is 1. The van der Waals surface area contributed by atoms with E-state index >= 15 is 0 Å². The highest BCUT2D eigenvalue weighted by atomic mass is 19.1. The fourth-order valence-electron chi connectivity index (χ4n) is 3.27. The van der Waals surface area contributed by atoms with E-state index in [0.29, 0.717) is 5.69 Å². The van der Waals surface area contributed by atoms with Crippen molar-refractivity contribution < 1.29 is 14.0 Å². The van der Waals surface area contributed by atoms with Crippen LogP contribution in [-0.4, -0.2) is 39.3 Å². The predicted octanol–water partition coefficient (Wildman–Crippen LogP) is 1.84. The van der Waals surface area contributed by atoms with E-state index in [4.69, 9.17) is 5.73 Å². The first-order valence-corrected chi connectivity index (χ1v) is 8.70. The van der Waals surface area contributed by atoms with Crippen molar-refractivity contribution in [3.63, 3.8) is 0 Å². The lowest BCUT2D eigenvalue weighted by molar-refractivity contribution is -0.140. The topological polar surface area (TPSA) is 106 Å². The van der Waals surface area contributed by atoms with Crippen LogP contribution in [0.3, 0.4) is 0 Å². The summed E-state index contributed by atoms with van der Waals surface area (Å²) < 4.78 is 16.4. The summed E-state index contributed by atoms with van der Waals surface area (Å²) in [5.41, 5.74) is 4.35. The zero-order valence-corrected chi connectivity index (χ0v) is 16.4. The zero-order valence-electron chi connectivity index (χ0n) is 16.4. The number of nitrogens with one attached hydrogen (secondary N) is 1. The van der Waals surface area contributed by atoms with Crippen LogP contribution in [0, 0.1) is 11.2 Å². The minimum absolute atomic E-state index is 0.00847. The molecule has 2 aromatic rings. The summed E-state index contributed by atoms with van der Waals surface area (Å²) in [5.74, 6) is -1.23. The summed E-state index contributed by atoms with van der Waals surface area (Å²) in [4.78, 5) is 34.8. The van der Waals surface area contributed by atoms with Crippen molar-refractivity contribution in [3.8, 4) is 0 Å². The highest BCUT2D eigenvalue weighted by Crippen LogP contribution is 2.47. The van der Waals surface area contributed by atoms with Gasteiger partial charge in [-0.3, -0.25) is 14.5 Å². The Morgan fingerprint density at radius 2 is 1.93 bits per heavy atom. The van der Waals surface area contributed by atoms with Crippen LogP contribution in [0.4, 0.5) is 10.1 Å². The van der Waals surface area contributed by atoms with Crippen LogP contribution in [0.25, 0.3) is 0 Å². The lowest BCUT2D eigenvalue weighted by Gasteiger charge is -2.46. The van der Waals surface area contributed by atoms with Crippen LogP contribution in [0.1, 0.15) is 36.8 Å². The minimum atomic E-state index is -1.25. The van der Waals surface area contributed by atoms with Crippen molar-refractivity contribution in [2.24, 2.45) is 23.2 Å². The zero-order chi connectivity index (χ0) is 20.9. The van der Waals surface area contributed by atoms with E-state index in [2.05, 4.69) is 15.3 Å². The predicted molar refractivity (Wildman–Crippen MR) is 103 cm³/mol. The first-order chi connectivity index (χ1) is 13.0. The lowest BCUT2D eigenvalue weighted by Crippen LogP contribution is -2.58. The number of carbonyl (C=O) groups is 2. The molecule has 2 heterocycles. The van der Waals surface area contributed by atoms with Gasteiger partial charge in [0.25, 0.3) is 5.91 Å². The van der Waals surface area contributed by atoms with Gasteiger partial charge < -0.3 is 15.6 Å². The monoisotopic (exact) mass is 386 g/mol. The Bertz CT molecular complexity index is 996. The maximum atomic E-state index is 14.8. The van der Waals surface area contributed by atoms with E-state index in [-0.39, 0.29) is 23.1 Å². The quantitative estimate of drug-likeness (QED) is 0.839. The highest BCUT2D eigenvalue weighted by molar-refractivity contribution is 6.03. The Balaban J connectivity index is 2.04. The van der Waals surface area contributed by atoms with Gasteiger partial charge in [0.15, 0.2) is 5.96 Å². The molecule has 0 radical (unpaired) electrons. The van der Waals surface area contributed by atoms with Gasteiger partial charge in [0.2, 0.25) is 5.91 Å². The number of nitrogens with zero attached hydrogens (tertiary/aromatic N) is 4. The Labute approximate surface area is 162 Å². The van der Waals surface area contributed by atoms with Gasteiger partial charge in [-0.15, -0.1) is 0 Å². The SMILES string of the molecule is CN1C(=O)C(C)(C)C(C)(c2cc(NC(=O)c3cn(C)cn3)ccc2F)N=C1N. The molecule has 28 heavy (non-hydrogen) atoms. The summed E-state index contributed by atoms with van der Waals surface area (Å²) in [6.07, 6.45) is 3.08. The third-order valence-corrected chi connectivity index (χ3v) is 5.42. The summed E-state index contributed by atoms with van der Waals surface area (Å²) in [6.45, 7) is 5.05. The molecule has 3 N–H and O–H groups in total. The minimum Gasteiger partial charge on any atom is -0.369 e. The number of carbonyl (C=O) groups excluding carboxylic acids is 2. The molecule has 1 atom stereocenters. The van der Waals surface area contributed by atoms with Gasteiger partial charge in [0.1, 0.15) is 17.1 Å². The van der Waals surface area contributed by atoms with E-state index in [1.165, 1.54) is 36.5 Å². The average molecular weight is 386 g/mol. The summed E-state index contributed by atoms with van der Waals surface area (Å²) in [5, 5.41) is 2.70. The third-order valence-electron chi connectivity index (χ3n) is 5.42. The second kappa shape index (κ2) is 6.43. The van der Waals surface area contributed by atoms with Gasteiger partial charge in [0.05, 0.1) is 11.7 Å². The van der Waals surface area contributed by atoms with E-state index in [1.54, 1.807) is 38.6 Å². The normalized spacial score (nSPS) is 21.4. The number of guanidine groups is 1. The molecule has 0 bridgehead atoms. The van der Waals surface area contributed by atoms with Crippen LogP contribution in [0.5, 0.6) is 0 Å². The molecule has 0 saturated heterocycles. The molecule has 3 rings (SSSR count). The number of hydrogen-bond donors (Lipinski definition) is 2. The van der Waals surface area contributed by atoms with Crippen molar-refractivity contribution in [1.29, 1.82) is 0 Å². The average Bonchev–Trinajstić information content (AvgIpc) is 3.07. The number of rotatable bonds is 3. The van der Waals surface area contributed by atoms with E-state index < -0.39 is 22.7 Å². The molecule has 1 aliphatic rings.